The van der Waals surface area contributed by atoms with Gasteiger partial charge in [-0.25, -0.2) is 4.79 Å². The fraction of sp³-hybridized carbons (Fsp3) is 0.375. The fourth-order valence-corrected chi connectivity index (χ4v) is 2.79. The van der Waals surface area contributed by atoms with Crippen LogP contribution in [0.25, 0.3) is 11.4 Å². The average Bonchev–Trinajstić information content (AvgIpc) is 2.88. The first-order valence-electron chi connectivity index (χ1n) is 7.61. The topological polar surface area (TPSA) is 88.9 Å². The molecular formula is C16H21N5O2S. The number of carbonyl (C=O) groups is 2. The summed E-state index contributed by atoms with van der Waals surface area (Å²) in [5.74, 6) is 0.352. The minimum Gasteiger partial charge on any atom is -0.336 e. The number of imide groups is 1. The molecule has 0 fully saturated rings. The second kappa shape index (κ2) is 7.96. The molecule has 2 aromatic rings. The molecule has 0 aliphatic rings. The lowest BCUT2D eigenvalue weighted by atomic mass is 10.2. The van der Waals surface area contributed by atoms with Crippen molar-refractivity contribution in [2.24, 2.45) is 7.05 Å². The van der Waals surface area contributed by atoms with Gasteiger partial charge < -0.3 is 9.88 Å². The van der Waals surface area contributed by atoms with Gasteiger partial charge in [0.25, 0.3) is 0 Å². The molecule has 0 aliphatic carbocycles. The standard InChI is InChI=1S/C16H21N5O2S/c1-10(2)17-15(23)18-14(22)11(3)24-16-20-19-13(21(16)4)12-8-6-5-7-9-12/h5-11H,1-4H3,(H2,17,18,22,23)/t11-/m0/s1. The van der Waals surface area contributed by atoms with E-state index < -0.39 is 11.3 Å². The van der Waals surface area contributed by atoms with Crippen LogP contribution < -0.4 is 10.6 Å². The molecule has 1 aromatic heterocycles. The molecule has 0 spiro atoms. The molecule has 24 heavy (non-hydrogen) atoms. The maximum Gasteiger partial charge on any atom is 0.321 e. The fourth-order valence-electron chi connectivity index (χ4n) is 1.98. The SMILES string of the molecule is CC(C)NC(=O)NC(=O)[C@H](C)Sc1nnc(-c2ccccc2)n1C. The Labute approximate surface area is 145 Å². The number of nitrogens with zero attached hydrogens (tertiary/aromatic N) is 3. The van der Waals surface area contributed by atoms with E-state index in [0.29, 0.717) is 5.16 Å². The van der Waals surface area contributed by atoms with Crippen LogP contribution in [0.2, 0.25) is 0 Å². The predicted molar refractivity (Wildman–Crippen MR) is 93.6 cm³/mol. The van der Waals surface area contributed by atoms with Gasteiger partial charge in [0, 0.05) is 18.7 Å². The number of thioether (sulfide) groups is 1. The minimum absolute atomic E-state index is 0.0343. The highest BCUT2D eigenvalue weighted by Crippen LogP contribution is 2.25. The Hall–Kier alpha value is -2.35. The molecular weight excluding hydrogens is 326 g/mol. The van der Waals surface area contributed by atoms with Gasteiger partial charge in [-0.1, -0.05) is 42.1 Å². The Morgan fingerprint density at radius 3 is 2.42 bits per heavy atom. The number of benzene rings is 1. The van der Waals surface area contributed by atoms with Crippen molar-refractivity contribution in [2.75, 3.05) is 0 Å². The van der Waals surface area contributed by atoms with Crippen molar-refractivity contribution in [3.05, 3.63) is 30.3 Å². The molecule has 1 aromatic carbocycles. The van der Waals surface area contributed by atoms with Crippen LogP contribution in [0.15, 0.2) is 35.5 Å². The number of nitrogens with one attached hydrogen (secondary N) is 2. The Kier molecular flexibility index (Phi) is 5.97. The Morgan fingerprint density at radius 2 is 1.79 bits per heavy atom. The first kappa shape index (κ1) is 18.0. The van der Waals surface area contributed by atoms with E-state index >= 15 is 0 Å². The lowest BCUT2D eigenvalue weighted by Crippen LogP contribution is -2.45. The summed E-state index contributed by atoms with van der Waals surface area (Å²) in [4.78, 5) is 23.7. The van der Waals surface area contributed by atoms with Gasteiger partial charge in [-0.3, -0.25) is 10.1 Å². The van der Waals surface area contributed by atoms with E-state index in [2.05, 4.69) is 20.8 Å². The van der Waals surface area contributed by atoms with Crippen LogP contribution >= 0.6 is 11.8 Å². The van der Waals surface area contributed by atoms with Crippen LogP contribution in [0.5, 0.6) is 0 Å². The second-order valence-electron chi connectivity index (χ2n) is 5.61. The van der Waals surface area contributed by atoms with Crippen molar-refractivity contribution in [1.29, 1.82) is 0 Å². The second-order valence-corrected chi connectivity index (χ2v) is 6.92. The van der Waals surface area contributed by atoms with Crippen molar-refractivity contribution in [3.63, 3.8) is 0 Å². The Balaban J connectivity index is 2.02. The molecule has 1 atom stereocenters. The molecule has 0 saturated heterocycles. The van der Waals surface area contributed by atoms with E-state index in [4.69, 9.17) is 0 Å². The third-order valence-electron chi connectivity index (χ3n) is 3.17. The van der Waals surface area contributed by atoms with Gasteiger partial charge in [0.1, 0.15) is 0 Å². The van der Waals surface area contributed by atoms with Crippen molar-refractivity contribution in [3.8, 4) is 11.4 Å². The van der Waals surface area contributed by atoms with E-state index in [1.807, 2.05) is 55.8 Å². The molecule has 0 unspecified atom stereocenters. The molecule has 7 nitrogen and oxygen atoms in total. The summed E-state index contributed by atoms with van der Waals surface area (Å²) < 4.78 is 1.83. The number of carbonyl (C=O) groups excluding carboxylic acids is 2. The zero-order valence-electron chi connectivity index (χ0n) is 14.1. The molecule has 3 amide bonds. The van der Waals surface area contributed by atoms with Crippen molar-refractivity contribution in [2.45, 2.75) is 37.2 Å². The molecule has 8 heteroatoms. The molecule has 0 aliphatic heterocycles. The Morgan fingerprint density at radius 1 is 1.12 bits per heavy atom. The first-order chi connectivity index (χ1) is 11.4. The van der Waals surface area contributed by atoms with Crippen LogP contribution in [0.3, 0.4) is 0 Å². The summed E-state index contributed by atoms with van der Waals surface area (Å²) in [5, 5.41) is 13.4. The Bertz CT molecular complexity index is 715. The highest BCUT2D eigenvalue weighted by atomic mass is 32.2. The van der Waals surface area contributed by atoms with E-state index in [0.717, 1.165) is 11.4 Å². The van der Waals surface area contributed by atoms with Crippen molar-refractivity contribution < 1.29 is 9.59 Å². The highest BCUT2D eigenvalue weighted by molar-refractivity contribution is 8.00. The van der Waals surface area contributed by atoms with E-state index in [1.165, 1.54) is 11.8 Å². The summed E-state index contributed by atoms with van der Waals surface area (Å²) in [6.07, 6.45) is 0. The van der Waals surface area contributed by atoms with Crippen molar-refractivity contribution in [1.82, 2.24) is 25.4 Å². The summed E-state index contributed by atoms with van der Waals surface area (Å²) in [6, 6.07) is 9.17. The van der Waals surface area contributed by atoms with Crippen LogP contribution in [-0.4, -0.2) is 38.0 Å². The van der Waals surface area contributed by atoms with E-state index in [9.17, 15) is 9.59 Å². The number of hydrogen-bond donors (Lipinski definition) is 2. The van der Waals surface area contributed by atoms with Crippen LogP contribution in [0.1, 0.15) is 20.8 Å². The van der Waals surface area contributed by atoms with Gasteiger partial charge in [-0.15, -0.1) is 10.2 Å². The molecule has 0 saturated carbocycles. The largest absolute Gasteiger partial charge is 0.336 e. The highest BCUT2D eigenvalue weighted by Gasteiger charge is 2.21. The van der Waals surface area contributed by atoms with E-state index in [1.54, 1.807) is 6.92 Å². The van der Waals surface area contributed by atoms with Crippen LogP contribution in [-0.2, 0) is 11.8 Å². The van der Waals surface area contributed by atoms with Gasteiger partial charge in [0.15, 0.2) is 11.0 Å². The van der Waals surface area contributed by atoms with Gasteiger partial charge in [-0.2, -0.15) is 0 Å². The summed E-state index contributed by atoms with van der Waals surface area (Å²) in [6.45, 7) is 5.37. The predicted octanol–water partition coefficient (Wildman–Crippen LogP) is 2.20. The van der Waals surface area contributed by atoms with Crippen LogP contribution in [0.4, 0.5) is 4.79 Å². The minimum atomic E-state index is -0.495. The van der Waals surface area contributed by atoms with E-state index in [-0.39, 0.29) is 11.9 Å². The molecule has 2 N–H and O–H groups in total. The quantitative estimate of drug-likeness (QED) is 0.810. The summed E-state index contributed by atoms with van der Waals surface area (Å²) in [7, 11) is 1.85. The number of urea groups is 1. The maximum atomic E-state index is 12.1. The van der Waals surface area contributed by atoms with Gasteiger partial charge >= 0.3 is 6.03 Å². The monoisotopic (exact) mass is 347 g/mol. The van der Waals surface area contributed by atoms with Gasteiger partial charge in [-0.05, 0) is 20.8 Å². The number of aromatic nitrogens is 3. The maximum absolute atomic E-state index is 12.1. The molecule has 2 rings (SSSR count). The molecule has 128 valence electrons. The van der Waals surface area contributed by atoms with Crippen molar-refractivity contribution >= 4 is 23.7 Å². The molecule has 0 bridgehead atoms. The molecule has 0 radical (unpaired) electrons. The average molecular weight is 347 g/mol. The van der Waals surface area contributed by atoms with Gasteiger partial charge in [0.05, 0.1) is 5.25 Å². The summed E-state index contributed by atoms with van der Waals surface area (Å²) in [5.41, 5.74) is 0.952. The number of amides is 3. The number of hydrogen-bond acceptors (Lipinski definition) is 5. The summed E-state index contributed by atoms with van der Waals surface area (Å²) >= 11 is 1.25. The smallest absolute Gasteiger partial charge is 0.321 e. The number of rotatable bonds is 5. The van der Waals surface area contributed by atoms with Crippen LogP contribution in [0, 0.1) is 0 Å². The zero-order valence-corrected chi connectivity index (χ0v) is 14.9. The lowest BCUT2D eigenvalue weighted by molar-refractivity contribution is -0.119. The third kappa shape index (κ3) is 4.58. The normalized spacial score (nSPS) is 12.0. The lowest BCUT2D eigenvalue weighted by Gasteiger charge is -2.13. The first-order valence-corrected chi connectivity index (χ1v) is 8.49. The zero-order chi connectivity index (χ0) is 17.7. The van der Waals surface area contributed by atoms with Gasteiger partial charge in [0.2, 0.25) is 5.91 Å². The third-order valence-corrected chi connectivity index (χ3v) is 4.31. The molecule has 1 heterocycles.